The maximum Gasteiger partial charge on any atom is 0.248 e. The molecule has 1 aliphatic carbocycles. The molecule has 1 aromatic carbocycles. The quantitative estimate of drug-likeness (QED) is 0.905. The van der Waals surface area contributed by atoms with Gasteiger partial charge in [0, 0.05) is 24.8 Å². The van der Waals surface area contributed by atoms with Gasteiger partial charge in [-0.15, -0.1) is 0 Å². The van der Waals surface area contributed by atoms with Crippen LogP contribution in [0.1, 0.15) is 44.1 Å². The van der Waals surface area contributed by atoms with Crippen LogP contribution in [0.2, 0.25) is 0 Å². The minimum absolute atomic E-state index is 0.158. The van der Waals surface area contributed by atoms with Crippen LogP contribution in [0.3, 0.4) is 0 Å². The Kier molecular flexibility index (Phi) is 5.55. The van der Waals surface area contributed by atoms with E-state index in [4.69, 9.17) is 4.74 Å². The summed E-state index contributed by atoms with van der Waals surface area (Å²) in [5, 5.41) is 3.59. The minimum Gasteiger partial charge on any atom is -0.382 e. The van der Waals surface area contributed by atoms with Crippen molar-refractivity contribution in [3.05, 3.63) is 29.8 Å². The van der Waals surface area contributed by atoms with Crippen molar-refractivity contribution in [2.75, 3.05) is 25.0 Å². The number of carbonyl (C=O) groups is 1. The topological polar surface area (TPSA) is 41.6 Å². The van der Waals surface area contributed by atoms with Crippen molar-refractivity contribution >= 4 is 11.6 Å². The Morgan fingerprint density at radius 1 is 1.22 bits per heavy atom. The Morgan fingerprint density at radius 3 is 2.65 bits per heavy atom. The van der Waals surface area contributed by atoms with E-state index in [1.165, 1.54) is 24.1 Å². The Morgan fingerprint density at radius 2 is 1.96 bits per heavy atom. The van der Waals surface area contributed by atoms with Crippen molar-refractivity contribution in [2.24, 2.45) is 0 Å². The van der Waals surface area contributed by atoms with Gasteiger partial charge in [0.2, 0.25) is 5.91 Å². The largest absolute Gasteiger partial charge is 0.382 e. The van der Waals surface area contributed by atoms with Gasteiger partial charge < -0.3 is 15.0 Å². The normalized spacial score (nSPS) is 20.0. The Labute approximate surface area is 139 Å². The van der Waals surface area contributed by atoms with Gasteiger partial charge in [-0.3, -0.25) is 4.79 Å². The molecule has 0 spiro atoms. The van der Waals surface area contributed by atoms with Gasteiger partial charge in [-0.2, -0.15) is 0 Å². The molecular formula is C19H28N2O2. The molecule has 0 atom stereocenters. The van der Waals surface area contributed by atoms with Gasteiger partial charge in [0.25, 0.3) is 0 Å². The average Bonchev–Trinajstić information content (AvgIpc) is 3.07. The zero-order chi connectivity index (χ0) is 16.1. The van der Waals surface area contributed by atoms with Crippen LogP contribution in [0.4, 0.5) is 5.69 Å². The molecule has 4 nitrogen and oxygen atoms in total. The van der Waals surface area contributed by atoms with Crippen LogP contribution in [-0.4, -0.2) is 42.6 Å². The number of piperidine rings is 1. The van der Waals surface area contributed by atoms with Crippen molar-refractivity contribution in [3.63, 3.8) is 0 Å². The highest BCUT2D eigenvalue weighted by Gasteiger charge is 2.24. The van der Waals surface area contributed by atoms with Crippen molar-refractivity contribution in [1.29, 1.82) is 0 Å². The van der Waals surface area contributed by atoms with Crippen LogP contribution in [0.25, 0.3) is 0 Å². The standard InChI is InChI=1S/C19H28N2O2/c1-15-5-4-6-17(13-15)20-16-9-11-21(12-10-16)19(22)14-23-18-7-2-3-8-18/h4-6,13,16,18,20H,2-3,7-12,14H2,1H3. The van der Waals surface area contributed by atoms with Crippen LogP contribution < -0.4 is 5.32 Å². The number of nitrogens with one attached hydrogen (secondary N) is 1. The number of hydrogen-bond acceptors (Lipinski definition) is 3. The third-order valence-corrected chi connectivity index (χ3v) is 4.98. The summed E-state index contributed by atoms with van der Waals surface area (Å²) in [4.78, 5) is 14.2. The van der Waals surface area contributed by atoms with Gasteiger partial charge in [-0.25, -0.2) is 0 Å². The second kappa shape index (κ2) is 7.82. The average molecular weight is 316 g/mol. The van der Waals surface area contributed by atoms with Gasteiger partial charge in [0.05, 0.1) is 6.10 Å². The van der Waals surface area contributed by atoms with E-state index in [2.05, 4.69) is 36.5 Å². The van der Waals surface area contributed by atoms with E-state index in [1.807, 2.05) is 4.90 Å². The lowest BCUT2D eigenvalue weighted by Gasteiger charge is -2.33. The number of nitrogens with zero attached hydrogens (tertiary/aromatic N) is 1. The van der Waals surface area contributed by atoms with Crippen molar-refractivity contribution < 1.29 is 9.53 Å². The highest BCUT2D eigenvalue weighted by Crippen LogP contribution is 2.21. The van der Waals surface area contributed by atoms with Crippen LogP contribution in [0.15, 0.2) is 24.3 Å². The Hall–Kier alpha value is -1.55. The number of ether oxygens (including phenoxy) is 1. The summed E-state index contributed by atoms with van der Waals surface area (Å²) in [5.74, 6) is 0.158. The third kappa shape index (κ3) is 4.71. The first-order valence-electron chi connectivity index (χ1n) is 8.93. The molecule has 1 N–H and O–H groups in total. The molecule has 2 aliphatic rings. The molecule has 126 valence electrons. The van der Waals surface area contributed by atoms with Crippen molar-refractivity contribution in [3.8, 4) is 0 Å². The molecule has 0 bridgehead atoms. The summed E-state index contributed by atoms with van der Waals surface area (Å²) in [6.07, 6.45) is 7.06. The molecule has 23 heavy (non-hydrogen) atoms. The van der Waals surface area contributed by atoms with Gasteiger partial charge in [-0.1, -0.05) is 25.0 Å². The molecular weight excluding hydrogens is 288 g/mol. The van der Waals surface area contributed by atoms with Crippen molar-refractivity contribution in [1.82, 2.24) is 4.90 Å². The summed E-state index contributed by atoms with van der Waals surface area (Å²) >= 11 is 0. The molecule has 1 heterocycles. The summed E-state index contributed by atoms with van der Waals surface area (Å²) in [7, 11) is 0. The van der Waals surface area contributed by atoms with E-state index >= 15 is 0 Å². The molecule has 3 rings (SSSR count). The molecule has 1 saturated carbocycles. The van der Waals surface area contributed by atoms with Crippen LogP contribution in [0, 0.1) is 6.92 Å². The predicted octanol–water partition coefficient (Wildman–Crippen LogP) is 3.36. The van der Waals surface area contributed by atoms with Gasteiger partial charge in [0.1, 0.15) is 6.61 Å². The number of aryl methyl sites for hydroxylation is 1. The molecule has 4 heteroatoms. The van der Waals surface area contributed by atoms with Crippen LogP contribution >= 0.6 is 0 Å². The number of carbonyl (C=O) groups excluding carboxylic acids is 1. The van der Waals surface area contributed by atoms with Crippen LogP contribution in [-0.2, 0) is 9.53 Å². The molecule has 0 aromatic heterocycles. The fourth-order valence-corrected chi connectivity index (χ4v) is 3.58. The van der Waals surface area contributed by atoms with E-state index in [0.29, 0.717) is 12.1 Å². The second-order valence-electron chi connectivity index (χ2n) is 6.89. The summed E-state index contributed by atoms with van der Waals surface area (Å²) in [5.41, 5.74) is 2.45. The fourth-order valence-electron chi connectivity index (χ4n) is 3.58. The SMILES string of the molecule is Cc1cccc(NC2CCN(C(=O)COC3CCCC3)CC2)c1. The van der Waals surface area contributed by atoms with E-state index in [0.717, 1.165) is 38.8 Å². The van der Waals surface area contributed by atoms with Crippen LogP contribution in [0.5, 0.6) is 0 Å². The first-order chi connectivity index (χ1) is 11.2. The molecule has 2 fully saturated rings. The third-order valence-electron chi connectivity index (χ3n) is 4.98. The molecule has 0 radical (unpaired) electrons. The van der Waals surface area contributed by atoms with E-state index in [1.54, 1.807) is 0 Å². The number of rotatable bonds is 5. The fraction of sp³-hybridized carbons (Fsp3) is 0.632. The van der Waals surface area contributed by atoms with Gasteiger partial charge in [-0.05, 0) is 50.3 Å². The van der Waals surface area contributed by atoms with Gasteiger partial charge >= 0.3 is 0 Å². The van der Waals surface area contributed by atoms with E-state index in [9.17, 15) is 4.79 Å². The van der Waals surface area contributed by atoms with E-state index < -0.39 is 0 Å². The predicted molar refractivity (Wildman–Crippen MR) is 92.6 cm³/mol. The Bertz CT molecular complexity index is 518. The molecule has 1 aromatic rings. The zero-order valence-electron chi connectivity index (χ0n) is 14.1. The minimum atomic E-state index is 0.158. The highest BCUT2D eigenvalue weighted by molar-refractivity contribution is 5.77. The molecule has 1 saturated heterocycles. The summed E-state index contributed by atoms with van der Waals surface area (Å²) in [6, 6.07) is 8.93. The summed E-state index contributed by atoms with van der Waals surface area (Å²) in [6.45, 7) is 4.03. The maximum atomic E-state index is 12.2. The zero-order valence-corrected chi connectivity index (χ0v) is 14.1. The monoisotopic (exact) mass is 316 g/mol. The first kappa shape index (κ1) is 16.3. The lowest BCUT2D eigenvalue weighted by Crippen LogP contribution is -2.44. The second-order valence-corrected chi connectivity index (χ2v) is 6.89. The number of benzene rings is 1. The molecule has 1 amide bonds. The van der Waals surface area contributed by atoms with Crippen molar-refractivity contribution in [2.45, 2.75) is 57.6 Å². The number of hydrogen-bond donors (Lipinski definition) is 1. The smallest absolute Gasteiger partial charge is 0.248 e. The molecule has 0 unspecified atom stereocenters. The highest BCUT2D eigenvalue weighted by atomic mass is 16.5. The van der Waals surface area contributed by atoms with E-state index in [-0.39, 0.29) is 12.5 Å². The Balaban J connectivity index is 1.40. The van der Waals surface area contributed by atoms with Gasteiger partial charge in [0.15, 0.2) is 0 Å². The number of amides is 1. The number of likely N-dealkylation sites (tertiary alicyclic amines) is 1. The molecule has 1 aliphatic heterocycles. The summed E-state index contributed by atoms with van der Waals surface area (Å²) < 4.78 is 5.75. The lowest BCUT2D eigenvalue weighted by molar-refractivity contribution is -0.139. The first-order valence-corrected chi connectivity index (χ1v) is 8.93. The number of anilines is 1. The maximum absolute atomic E-state index is 12.2. The lowest BCUT2D eigenvalue weighted by atomic mass is 10.0.